The van der Waals surface area contributed by atoms with Gasteiger partial charge in [0.25, 0.3) is 0 Å². The van der Waals surface area contributed by atoms with E-state index in [9.17, 15) is 28.8 Å². The molecular formula is C22H35NO11S2. The van der Waals surface area contributed by atoms with Gasteiger partial charge in [-0.25, -0.2) is 14.4 Å². The fourth-order valence-corrected chi connectivity index (χ4v) is 3.14. The average molecular weight is 554 g/mol. The van der Waals surface area contributed by atoms with E-state index in [-0.39, 0.29) is 5.75 Å². The molecular weight excluding hydrogens is 518 g/mol. The normalized spacial score (nSPS) is 12.6. The Morgan fingerprint density at radius 3 is 1.58 bits per heavy atom. The Labute approximate surface area is 219 Å². The third-order valence-corrected chi connectivity index (χ3v) is 5.84. The Hall–Kier alpha value is -2.48. The van der Waals surface area contributed by atoms with E-state index in [1.54, 1.807) is 41.5 Å². The molecule has 1 atom stereocenters. The summed E-state index contributed by atoms with van der Waals surface area (Å²) in [7, 11) is 1.10. The molecule has 0 rings (SSSR count). The van der Waals surface area contributed by atoms with E-state index in [2.05, 4.69) is 10.1 Å². The number of ether oxygens (including phenoxy) is 5. The standard InChI is InChI=1S/C22H35NO11S2/c1-20(2,3)16(26)31-11-33-18(28)35-10-13(14(24)30-9)23-15(25)22(7,8)36-19(29)34-12-32-17(27)21(4,5)6/h13H,10-12H2,1-9H3,(H,23,25)/t13-/m0/s1. The first kappa shape index (κ1) is 33.5. The first-order valence-electron chi connectivity index (χ1n) is 10.7. The van der Waals surface area contributed by atoms with Gasteiger partial charge >= 0.3 is 28.5 Å². The van der Waals surface area contributed by atoms with Gasteiger partial charge in [-0.05, 0) is 78.9 Å². The number of rotatable bonds is 10. The second kappa shape index (κ2) is 14.3. The van der Waals surface area contributed by atoms with Crippen LogP contribution in [-0.2, 0) is 42.9 Å². The predicted molar refractivity (Wildman–Crippen MR) is 132 cm³/mol. The van der Waals surface area contributed by atoms with Crippen LogP contribution < -0.4 is 5.32 Å². The molecule has 0 unspecified atom stereocenters. The molecule has 0 aromatic rings. The highest BCUT2D eigenvalue weighted by molar-refractivity contribution is 8.15. The lowest BCUT2D eigenvalue weighted by Crippen LogP contribution is -2.50. The lowest BCUT2D eigenvalue weighted by molar-refractivity contribution is -0.161. The first-order chi connectivity index (χ1) is 16.3. The highest BCUT2D eigenvalue weighted by Crippen LogP contribution is 2.27. The van der Waals surface area contributed by atoms with Crippen molar-refractivity contribution >= 4 is 57.9 Å². The number of thioether (sulfide) groups is 2. The number of methoxy groups -OCH3 is 1. The number of carbonyl (C=O) groups excluding carboxylic acids is 6. The molecule has 206 valence electrons. The molecule has 1 amide bonds. The van der Waals surface area contributed by atoms with Crippen LogP contribution >= 0.6 is 23.5 Å². The van der Waals surface area contributed by atoms with Crippen molar-refractivity contribution < 1.29 is 52.5 Å². The van der Waals surface area contributed by atoms with Crippen molar-refractivity contribution in [2.45, 2.75) is 66.2 Å². The van der Waals surface area contributed by atoms with Crippen LogP contribution in [0.15, 0.2) is 0 Å². The summed E-state index contributed by atoms with van der Waals surface area (Å²) in [4.78, 5) is 72.2. The smallest absolute Gasteiger partial charge is 0.371 e. The number of amides is 1. The molecule has 0 fully saturated rings. The van der Waals surface area contributed by atoms with E-state index in [0.29, 0.717) is 23.5 Å². The van der Waals surface area contributed by atoms with Gasteiger partial charge in [0, 0.05) is 5.75 Å². The molecule has 0 heterocycles. The number of nitrogens with one attached hydrogen (secondary N) is 1. The molecule has 14 heteroatoms. The highest BCUT2D eigenvalue weighted by atomic mass is 32.2. The maximum atomic E-state index is 12.7. The summed E-state index contributed by atoms with van der Waals surface area (Å²) < 4.78 is 22.5. The molecule has 0 radical (unpaired) electrons. The summed E-state index contributed by atoms with van der Waals surface area (Å²) in [6, 6.07) is -1.25. The summed E-state index contributed by atoms with van der Waals surface area (Å²) in [5, 5.41) is 0.690. The molecule has 0 saturated heterocycles. The number of carbonyl (C=O) groups is 6. The monoisotopic (exact) mass is 553 g/mol. The quantitative estimate of drug-likeness (QED) is 0.239. The second-order valence-corrected chi connectivity index (χ2v) is 12.4. The van der Waals surface area contributed by atoms with Crippen molar-refractivity contribution in [2.75, 3.05) is 26.4 Å². The molecule has 0 bridgehead atoms. The van der Waals surface area contributed by atoms with Gasteiger partial charge in [0.1, 0.15) is 6.04 Å². The zero-order valence-electron chi connectivity index (χ0n) is 22.0. The lowest BCUT2D eigenvalue weighted by atomic mass is 9.97. The van der Waals surface area contributed by atoms with E-state index >= 15 is 0 Å². The molecule has 0 saturated carbocycles. The van der Waals surface area contributed by atoms with Gasteiger partial charge in [0.2, 0.25) is 19.5 Å². The molecule has 36 heavy (non-hydrogen) atoms. The van der Waals surface area contributed by atoms with Crippen molar-refractivity contribution in [2.24, 2.45) is 10.8 Å². The van der Waals surface area contributed by atoms with Crippen molar-refractivity contribution in [3.8, 4) is 0 Å². The van der Waals surface area contributed by atoms with Crippen LogP contribution in [0.25, 0.3) is 0 Å². The third-order valence-electron chi connectivity index (χ3n) is 4.00. The topological polar surface area (TPSA) is 161 Å². The summed E-state index contributed by atoms with van der Waals surface area (Å²) in [5.41, 5.74) is -1.54. The summed E-state index contributed by atoms with van der Waals surface area (Å²) in [6.07, 6.45) is 0. The van der Waals surface area contributed by atoms with Crippen LogP contribution in [0.5, 0.6) is 0 Å². The van der Waals surface area contributed by atoms with Crippen molar-refractivity contribution in [3.63, 3.8) is 0 Å². The first-order valence-corrected chi connectivity index (χ1v) is 12.5. The van der Waals surface area contributed by atoms with Crippen LogP contribution in [0.1, 0.15) is 55.4 Å². The van der Waals surface area contributed by atoms with Crippen LogP contribution in [0, 0.1) is 10.8 Å². The van der Waals surface area contributed by atoms with E-state index in [4.69, 9.17) is 18.9 Å². The molecule has 0 aliphatic rings. The van der Waals surface area contributed by atoms with Crippen molar-refractivity contribution in [3.05, 3.63) is 0 Å². The highest BCUT2D eigenvalue weighted by Gasteiger charge is 2.36. The maximum absolute atomic E-state index is 12.7. The fourth-order valence-electron chi connectivity index (χ4n) is 1.82. The largest absolute Gasteiger partial charge is 0.467 e. The third kappa shape index (κ3) is 13.0. The number of hydrogen-bond acceptors (Lipinski definition) is 13. The molecule has 0 aromatic heterocycles. The Balaban J connectivity index is 4.80. The zero-order chi connectivity index (χ0) is 28.3. The summed E-state index contributed by atoms with van der Waals surface area (Å²) >= 11 is 1.06. The minimum atomic E-state index is -1.40. The van der Waals surface area contributed by atoms with E-state index in [1.165, 1.54) is 13.8 Å². The average Bonchev–Trinajstić information content (AvgIpc) is 2.73. The van der Waals surface area contributed by atoms with E-state index in [1.807, 2.05) is 0 Å². The Morgan fingerprint density at radius 2 is 1.17 bits per heavy atom. The summed E-state index contributed by atoms with van der Waals surface area (Å²) in [6.45, 7) is 11.4. The van der Waals surface area contributed by atoms with Gasteiger partial charge in [0.15, 0.2) is 0 Å². The Kier molecular flexibility index (Phi) is 13.3. The Bertz CT molecular complexity index is 829. The SMILES string of the molecule is COC(=O)[C@H](CSC(=O)OCOC(=O)C(C)(C)C)NC(=O)C(C)(C)SC(=O)OCOC(=O)C(C)(C)C. The molecule has 1 N–H and O–H groups in total. The molecule has 0 aliphatic carbocycles. The zero-order valence-corrected chi connectivity index (χ0v) is 23.6. The fraction of sp³-hybridized carbons (Fsp3) is 0.727. The molecule has 0 aromatic carbocycles. The summed E-state index contributed by atoms with van der Waals surface area (Å²) in [5.74, 6) is -2.94. The van der Waals surface area contributed by atoms with Gasteiger partial charge in [-0.15, -0.1) is 0 Å². The minimum Gasteiger partial charge on any atom is -0.467 e. The molecule has 0 spiro atoms. The number of hydrogen-bond donors (Lipinski definition) is 1. The van der Waals surface area contributed by atoms with Gasteiger partial charge in [-0.3, -0.25) is 14.4 Å². The Morgan fingerprint density at radius 1 is 0.722 bits per heavy atom. The van der Waals surface area contributed by atoms with Crippen LogP contribution in [0.3, 0.4) is 0 Å². The maximum Gasteiger partial charge on any atom is 0.371 e. The van der Waals surface area contributed by atoms with Crippen LogP contribution in [-0.4, -0.2) is 71.7 Å². The van der Waals surface area contributed by atoms with Gasteiger partial charge in [-0.2, -0.15) is 0 Å². The van der Waals surface area contributed by atoms with Gasteiger partial charge in [-0.1, -0.05) is 0 Å². The van der Waals surface area contributed by atoms with E-state index < -0.39 is 69.6 Å². The number of esters is 3. The minimum absolute atomic E-state index is 0.252. The second-order valence-electron chi connectivity index (χ2n) is 9.86. The van der Waals surface area contributed by atoms with Crippen molar-refractivity contribution in [1.29, 1.82) is 0 Å². The van der Waals surface area contributed by atoms with Gasteiger partial charge < -0.3 is 29.0 Å². The van der Waals surface area contributed by atoms with Crippen molar-refractivity contribution in [1.82, 2.24) is 5.32 Å². The lowest BCUT2D eigenvalue weighted by Gasteiger charge is -2.24. The predicted octanol–water partition coefficient (Wildman–Crippen LogP) is 3.26. The van der Waals surface area contributed by atoms with Gasteiger partial charge in [0.05, 0.1) is 22.7 Å². The van der Waals surface area contributed by atoms with Crippen LogP contribution in [0.4, 0.5) is 9.59 Å². The van der Waals surface area contributed by atoms with Crippen LogP contribution in [0.2, 0.25) is 0 Å². The molecule has 12 nitrogen and oxygen atoms in total. The van der Waals surface area contributed by atoms with E-state index in [0.717, 1.165) is 7.11 Å². The molecule has 0 aliphatic heterocycles.